The van der Waals surface area contributed by atoms with Crippen molar-refractivity contribution in [3.8, 4) is 0 Å². The molecule has 38 heavy (non-hydrogen) atoms. The normalized spacial score (nSPS) is 18.6. The number of hydrogen-bond acceptors (Lipinski definition) is 4. The first-order valence-electron chi connectivity index (χ1n) is 15.7. The summed E-state index contributed by atoms with van der Waals surface area (Å²) < 4.78 is 12.7. The van der Waals surface area contributed by atoms with Crippen molar-refractivity contribution in [1.29, 1.82) is 0 Å². The van der Waals surface area contributed by atoms with E-state index in [4.69, 9.17) is 8.85 Å². The topological polar surface area (TPSA) is 58.9 Å². The molecule has 0 spiro atoms. The van der Waals surface area contributed by atoms with E-state index < -0.39 is 22.2 Å². The van der Waals surface area contributed by atoms with Crippen molar-refractivity contribution in [1.82, 2.24) is 0 Å². The molecular weight excluding hydrogens is 505 g/mol. The van der Waals surface area contributed by atoms with Crippen molar-refractivity contribution < 1.29 is 19.1 Å². The molecule has 0 aromatic carbocycles. The van der Waals surface area contributed by atoms with Crippen molar-refractivity contribution >= 4 is 16.6 Å². The molecule has 0 saturated heterocycles. The molecule has 0 aromatic heterocycles. The number of rotatable bonds is 19. The molecule has 0 aromatic rings. The summed E-state index contributed by atoms with van der Waals surface area (Å²) in [5.74, 6) is 1.37. The first kappa shape index (κ1) is 38.3. The molecule has 0 radical (unpaired) electrons. The minimum Gasteiger partial charge on any atom is -0.417 e. The summed E-state index contributed by atoms with van der Waals surface area (Å²) in [6, 6.07) is 0. The van der Waals surface area contributed by atoms with Crippen molar-refractivity contribution in [3.05, 3.63) is 0 Å². The lowest BCUT2D eigenvalue weighted by Gasteiger charge is -2.37. The van der Waals surface area contributed by atoms with Gasteiger partial charge < -0.3 is 19.1 Å². The lowest BCUT2D eigenvalue weighted by molar-refractivity contribution is 0.0337. The molecule has 0 rings (SSSR count). The molecule has 5 atom stereocenters. The zero-order chi connectivity index (χ0) is 30.0. The van der Waals surface area contributed by atoms with Crippen LogP contribution in [0.25, 0.3) is 0 Å². The summed E-state index contributed by atoms with van der Waals surface area (Å²) in [7, 11) is -3.39. The third kappa shape index (κ3) is 15.3. The van der Waals surface area contributed by atoms with Gasteiger partial charge in [0.25, 0.3) is 0 Å². The second-order valence-corrected chi connectivity index (χ2v) is 25.7. The summed E-state index contributed by atoms with van der Waals surface area (Å²) in [6.45, 7) is 33.2. The number of aliphatic hydroxyl groups is 2. The number of hydrogen-bond donors (Lipinski definition) is 2. The largest absolute Gasteiger partial charge is 0.417 e. The zero-order valence-electron chi connectivity index (χ0n) is 28.3. The van der Waals surface area contributed by atoms with E-state index in [0.29, 0.717) is 11.8 Å². The van der Waals surface area contributed by atoms with E-state index in [1.165, 1.54) is 0 Å². The predicted molar refractivity (Wildman–Crippen MR) is 172 cm³/mol. The van der Waals surface area contributed by atoms with E-state index in [1.54, 1.807) is 0 Å². The molecule has 0 aliphatic heterocycles. The molecular formula is C32H70O4Si2. The zero-order valence-corrected chi connectivity index (χ0v) is 30.3. The summed E-state index contributed by atoms with van der Waals surface area (Å²) in [6.07, 6.45) is 8.60. The van der Waals surface area contributed by atoms with Crippen molar-refractivity contribution in [2.24, 2.45) is 17.8 Å². The molecule has 0 heterocycles. The quantitative estimate of drug-likeness (QED) is 0.151. The van der Waals surface area contributed by atoms with Crippen LogP contribution in [0.15, 0.2) is 0 Å². The van der Waals surface area contributed by atoms with E-state index in [0.717, 1.165) is 71.0 Å². The van der Waals surface area contributed by atoms with Gasteiger partial charge in [-0.3, -0.25) is 0 Å². The minimum absolute atomic E-state index is 0.229. The first-order valence-corrected chi connectivity index (χ1v) is 21.5. The van der Waals surface area contributed by atoms with Crippen LogP contribution >= 0.6 is 0 Å². The molecule has 0 bridgehead atoms. The smallest absolute Gasteiger partial charge is 0.191 e. The average molecular weight is 575 g/mol. The van der Waals surface area contributed by atoms with Gasteiger partial charge >= 0.3 is 0 Å². The highest BCUT2D eigenvalue weighted by atomic mass is 28.4. The van der Waals surface area contributed by atoms with Crippen LogP contribution in [0.2, 0.25) is 36.3 Å². The molecule has 0 saturated carbocycles. The Morgan fingerprint density at radius 1 is 0.632 bits per heavy atom. The van der Waals surface area contributed by atoms with Crippen LogP contribution in [0.5, 0.6) is 0 Å². The Balaban J connectivity index is 4.17. The van der Waals surface area contributed by atoms with Crippen LogP contribution in [0.3, 0.4) is 0 Å². The Hall–Kier alpha value is 0.274. The Morgan fingerprint density at radius 3 is 1.55 bits per heavy atom. The highest BCUT2D eigenvalue weighted by Crippen LogP contribution is 2.38. The lowest BCUT2D eigenvalue weighted by atomic mass is 9.88. The van der Waals surface area contributed by atoms with Gasteiger partial charge in [0.15, 0.2) is 16.6 Å². The van der Waals surface area contributed by atoms with Crippen molar-refractivity contribution in [2.45, 2.75) is 175 Å². The SMILES string of the molecule is C[C@H](CCC[C@@](C)(O)CCC[C@@H](C)CO[Si](C)(C)C(C)(C)C)CCC(O)[C@H](C)CCO[Si](C)(C)C(C)(C)C. The van der Waals surface area contributed by atoms with Gasteiger partial charge in [-0.05, 0) is 99.5 Å². The van der Waals surface area contributed by atoms with Gasteiger partial charge in [-0.2, -0.15) is 0 Å². The molecule has 1 unspecified atom stereocenters. The fraction of sp³-hybridized carbons (Fsp3) is 1.00. The monoisotopic (exact) mass is 574 g/mol. The van der Waals surface area contributed by atoms with E-state index >= 15 is 0 Å². The summed E-state index contributed by atoms with van der Waals surface area (Å²) >= 11 is 0. The van der Waals surface area contributed by atoms with Crippen molar-refractivity contribution in [2.75, 3.05) is 13.2 Å². The van der Waals surface area contributed by atoms with Crippen molar-refractivity contribution in [3.63, 3.8) is 0 Å². The Labute approximate surface area is 241 Å². The lowest BCUT2D eigenvalue weighted by Crippen LogP contribution is -2.41. The Bertz CT molecular complexity index is 634. The average Bonchev–Trinajstić information content (AvgIpc) is 2.74. The highest BCUT2D eigenvalue weighted by Gasteiger charge is 2.38. The van der Waals surface area contributed by atoms with Crippen LogP contribution < -0.4 is 0 Å². The first-order chi connectivity index (χ1) is 17.0. The van der Waals surface area contributed by atoms with Crippen LogP contribution in [0.4, 0.5) is 0 Å². The van der Waals surface area contributed by atoms with E-state index in [9.17, 15) is 10.2 Å². The maximum Gasteiger partial charge on any atom is 0.191 e. The Morgan fingerprint density at radius 2 is 1.08 bits per heavy atom. The predicted octanol–water partition coefficient (Wildman–Crippen LogP) is 9.56. The second-order valence-electron chi connectivity index (χ2n) is 16.1. The van der Waals surface area contributed by atoms with Crippen LogP contribution in [-0.4, -0.2) is 51.8 Å². The summed E-state index contributed by atoms with van der Waals surface area (Å²) in [4.78, 5) is 0. The van der Waals surface area contributed by atoms with E-state index in [-0.39, 0.29) is 22.1 Å². The molecule has 0 amide bonds. The number of aliphatic hydroxyl groups excluding tert-OH is 1. The van der Waals surface area contributed by atoms with Gasteiger partial charge in [0.2, 0.25) is 0 Å². The molecule has 0 fully saturated rings. The molecule has 4 nitrogen and oxygen atoms in total. The third-order valence-corrected chi connectivity index (χ3v) is 18.9. The molecule has 6 heteroatoms. The minimum atomic E-state index is -1.71. The molecule has 2 N–H and O–H groups in total. The maximum absolute atomic E-state index is 10.9. The maximum atomic E-state index is 10.9. The molecule has 0 aliphatic carbocycles. The van der Waals surface area contributed by atoms with Gasteiger partial charge in [0, 0.05) is 13.2 Å². The van der Waals surface area contributed by atoms with Gasteiger partial charge in [-0.25, -0.2) is 0 Å². The summed E-state index contributed by atoms with van der Waals surface area (Å²) in [5.41, 5.74) is -0.585. The molecule has 230 valence electrons. The highest BCUT2D eigenvalue weighted by molar-refractivity contribution is 6.74. The van der Waals surface area contributed by atoms with E-state index in [1.807, 2.05) is 6.92 Å². The van der Waals surface area contributed by atoms with Crippen LogP contribution in [0, 0.1) is 17.8 Å². The second kappa shape index (κ2) is 16.1. The summed E-state index contributed by atoms with van der Waals surface area (Å²) in [5, 5.41) is 22.1. The van der Waals surface area contributed by atoms with Crippen LogP contribution in [0.1, 0.15) is 127 Å². The van der Waals surface area contributed by atoms with Gasteiger partial charge in [-0.1, -0.05) is 81.6 Å². The van der Waals surface area contributed by atoms with Crippen LogP contribution in [-0.2, 0) is 8.85 Å². The van der Waals surface area contributed by atoms with Gasteiger partial charge in [0.05, 0.1) is 11.7 Å². The molecule has 0 aliphatic rings. The standard InChI is InChI=1S/C32H70O4Si2/c1-26(19-20-29(33)28(3)21-24-35-37(11,12)30(4,5)6)17-15-22-32(10,34)23-16-18-27(2)25-36-38(13,14)31(7,8)9/h26-29,33-34H,15-25H2,1-14H3/t26-,27-,28-,29?,32-/m1/s1. The van der Waals surface area contributed by atoms with Gasteiger partial charge in [-0.15, -0.1) is 0 Å². The fourth-order valence-electron chi connectivity index (χ4n) is 4.23. The third-order valence-electron chi connectivity index (χ3n) is 9.81. The van der Waals surface area contributed by atoms with Gasteiger partial charge in [0.1, 0.15) is 0 Å². The van der Waals surface area contributed by atoms with E-state index in [2.05, 4.69) is 88.5 Å². The fourth-order valence-corrected chi connectivity index (χ4v) is 6.43. The Kier molecular flexibility index (Phi) is 16.2.